The van der Waals surface area contributed by atoms with Gasteiger partial charge in [-0.05, 0) is 36.8 Å². The van der Waals surface area contributed by atoms with E-state index in [-0.39, 0.29) is 33.1 Å². The monoisotopic (exact) mass is 459 g/mol. The first kappa shape index (κ1) is 22.9. The number of imide groups is 1. The fourth-order valence-electron chi connectivity index (χ4n) is 3.08. The van der Waals surface area contributed by atoms with Crippen LogP contribution in [0.15, 0.2) is 36.4 Å². The van der Waals surface area contributed by atoms with Crippen LogP contribution in [0.1, 0.15) is 50.8 Å². The Hall–Kier alpha value is -3.79. The summed E-state index contributed by atoms with van der Waals surface area (Å²) in [5.41, 5.74) is 0.0585. The van der Waals surface area contributed by atoms with Gasteiger partial charge in [0.25, 0.3) is 23.4 Å². The number of ether oxygens (including phenoxy) is 1. The van der Waals surface area contributed by atoms with Crippen molar-refractivity contribution in [3.05, 3.63) is 68.2 Å². The van der Waals surface area contributed by atoms with Crippen molar-refractivity contribution in [1.29, 1.82) is 0 Å². The minimum absolute atomic E-state index is 0.0113. The van der Waals surface area contributed by atoms with Crippen molar-refractivity contribution in [3.8, 4) is 0 Å². The second kappa shape index (κ2) is 9.56. The summed E-state index contributed by atoms with van der Waals surface area (Å²) in [5, 5.41) is 13.2. The van der Waals surface area contributed by atoms with Gasteiger partial charge in [0.05, 0.1) is 21.6 Å². The summed E-state index contributed by atoms with van der Waals surface area (Å²) in [4.78, 5) is 60.6. The molecule has 0 saturated carbocycles. The number of hydrogen-bond acceptors (Lipinski definition) is 7. The smallest absolute Gasteiger partial charge is 0.338 e. The summed E-state index contributed by atoms with van der Waals surface area (Å²) in [6, 6.07) is 7.69. The first-order valence-corrected chi connectivity index (χ1v) is 10.0. The van der Waals surface area contributed by atoms with E-state index >= 15 is 0 Å². The summed E-state index contributed by atoms with van der Waals surface area (Å²) in [7, 11) is 0. The first-order chi connectivity index (χ1) is 15.2. The molecule has 3 amide bonds. The Kier molecular flexibility index (Phi) is 6.84. The number of carbonyl (C=O) groups excluding carboxylic acids is 4. The zero-order valence-electron chi connectivity index (χ0n) is 16.9. The molecule has 0 spiro atoms. The number of benzene rings is 2. The zero-order valence-corrected chi connectivity index (χ0v) is 17.7. The molecule has 3 rings (SSSR count). The Bertz CT molecular complexity index is 1130. The Morgan fingerprint density at radius 2 is 1.84 bits per heavy atom. The molecular weight excluding hydrogens is 442 g/mol. The van der Waals surface area contributed by atoms with Crippen LogP contribution in [0.4, 0.5) is 11.4 Å². The SMILES string of the molecule is CCCCN1C(=O)c2ccc(C(=O)OCC(=O)Nc3ccc(Cl)c([N+](=O)[O-])c3)cc2C1=O. The topological polar surface area (TPSA) is 136 Å². The lowest BCUT2D eigenvalue weighted by atomic mass is 10.1. The van der Waals surface area contributed by atoms with Gasteiger partial charge in [0.2, 0.25) is 0 Å². The molecule has 0 aromatic heterocycles. The van der Waals surface area contributed by atoms with Gasteiger partial charge in [-0.15, -0.1) is 0 Å². The lowest BCUT2D eigenvalue weighted by Crippen LogP contribution is -2.30. The van der Waals surface area contributed by atoms with E-state index in [1.54, 1.807) is 0 Å². The molecule has 1 aliphatic heterocycles. The van der Waals surface area contributed by atoms with E-state index in [1.165, 1.54) is 30.3 Å². The van der Waals surface area contributed by atoms with Crippen molar-refractivity contribution in [2.75, 3.05) is 18.5 Å². The molecule has 0 radical (unpaired) electrons. The summed E-state index contributed by atoms with van der Waals surface area (Å²) in [6.45, 7) is 1.57. The predicted octanol–water partition coefficient (Wildman–Crippen LogP) is 3.44. The van der Waals surface area contributed by atoms with Crippen LogP contribution in [0.2, 0.25) is 5.02 Å². The molecule has 0 saturated heterocycles. The van der Waals surface area contributed by atoms with Crippen LogP contribution in [0, 0.1) is 10.1 Å². The van der Waals surface area contributed by atoms with Crippen molar-refractivity contribution >= 4 is 46.7 Å². The molecule has 0 atom stereocenters. The molecule has 1 aliphatic rings. The molecule has 0 bridgehead atoms. The van der Waals surface area contributed by atoms with E-state index in [1.807, 2.05) is 6.92 Å². The number of amides is 3. The molecule has 11 heteroatoms. The number of rotatable bonds is 8. The number of hydrogen-bond donors (Lipinski definition) is 1. The summed E-state index contributed by atoms with van der Waals surface area (Å²) in [6.07, 6.45) is 1.49. The summed E-state index contributed by atoms with van der Waals surface area (Å²) < 4.78 is 4.96. The van der Waals surface area contributed by atoms with Crippen LogP contribution >= 0.6 is 11.6 Å². The van der Waals surface area contributed by atoms with Gasteiger partial charge in [-0.25, -0.2) is 4.79 Å². The van der Waals surface area contributed by atoms with Crippen LogP contribution in [0.3, 0.4) is 0 Å². The molecule has 32 heavy (non-hydrogen) atoms. The number of halogens is 1. The maximum atomic E-state index is 12.5. The number of esters is 1. The highest BCUT2D eigenvalue weighted by Gasteiger charge is 2.35. The quantitative estimate of drug-likeness (QED) is 0.276. The standard InChI is InChI=1S/C21H18ClN3O7/c1-2-3-8-24-19(27)14-6-4-12(9-15(14)20(24)28)21(29)32-11-18(26)23-13-5-7-16(22)17(10-13)25(30)31/h4-7,9-10H,2-3,8,11H2,1H3,(H,23,26). The fraction of sp³-hybridized carbons (Fsp3) is 0.238. The number of nitro benzene ring substituents is 1. The van der Waals surface area contributed by atoms with E-state index in [0.29, 0.717) is 13.0 Å². The van der Waals surface area contributed by atoms with Gasteiger partial charge in [0.1, 0.15) is 5.02 Å². The fourth-order valence-corrected chi connectivity index (χ4v) is 3.27. The molecule has 0 fully saturated rings. The molecule has 0 unspecified atom stereocenters. The van der Waals surface area contributed by atoms with Gasteiger partial charge >= 0.3 is 5.97 Å². The highest BCUT2D eigenvalue weighted by molar-refractivity contribution is 6.32. The van der Waals surface area contributed by atoms with Crippen LogP contribution in [0.5, 0.6) is 0 Å². The van der Waals surface area contributed by atoms with Crippen LogP contribution in [0.25, 0.3) is 0 Å². The van der Waals surface area contributed by atoms with E-state index in [4.69, 9.17) is 16.3 Å². The zero-order chi connectivity index (χ0) is 23.4. The van der Waals surface area contributed by atoms with Gasteiger partial charge in [-0.1, -0.05) is 24.9 Å². The Labute approximate surface area is 187 Å². The molecule has 1 heterocycles. The van der Waals surface area contributed by atoms with Gasteiger partial charge in [0, 0.05) is 18.3 Å². The lowest BCUT2D eigenvalue weighted by molar-refractivity contribution is -0.384. The highest BCUT2D eigenvalue weighted by Crippen LogP contribution is 2.27. The minimum Gasteiger partial charge on any atom is -0.452 e. The van der Waals surface area contributed by atoms with E-state index in [9.17, 15) is 29.3 Å². The molecule has 0 aliphatic carbocycles. The second-order valence-electron chi connectivity index (χ2n) is 6.92. The van der Waals surface area contributed by atoms with Gasteiger partial charge in [-0.2, -0.15) is 0 Å². The predicted molar refractivity (Wildman–Crippen MR) is 114 cm³/mol. The maximum Gasteiger partial charge on any atom is 0.338 e. The van der Waals surface area contributed by atoms with Crippen LogP contribution < -0.4 is 5.32 Å². The third-order valence-electron chi connectivity index (χ3n) is 4.70. The molecule has 10 nitrogen and oxygen atoms in total. The average Bonchev–Trinajstić information content (AvgIpc) is 3.01. The van der Waals surface area contributed by atoms with E-state index in [2.05, 4.69) is 5.32 Å². The van der Waals surface area contributed by atoms with Gasteiger partial charge in [-0.3, -0.25) is 29.4 Å². The van der Waals surface area contributed by atoms with E-state index < -0.39 is 35.2 Å². The van der Waals surface area contributed by atoms with Crippen molar-refractivity contribution in [2.45, 2.75) is 19.8 Å². The summed E-state index contributed by atoms with van der Waals surface area (Å²) >= 11 is 5.72. The molecular formula is C21H18ClN3O7. The highest BCUT2D eigenvalue weighted by atomic mass is 35.5. The minimum atomic E-state index is -0.864. The Morgan fingerprint density at radius 3 is 2.53 bits per heavy atom. The number of nitrogens with one attached hydrogen (secondary N) is 1. The average molecular weight is 460 g/mol. The number of carbonyl (C=O) groups is 4. The van der Waals surface area contributed by atoms with Crippen LogP contribution in [-0.2, 0) is 9.53 Å². The maximum absolute atomic E-state index is 12.5. The number of anilines is 1. The Morgan fingerprint density at radius 1 is 1.12 bits per heavy atom. The third-order valence-corrected chi connectivity index (χ3v) is 5.02. The number of nitro groups is 1. The van der Waals surface area contributed by atoms with Crippen molar-refractivity contribution in [1.82, 2.24) is 4.90 Å². The Balaban J connectivity index is 1.63. The van der Waals surface area contributed by atoms with Crippen LogP contribution in [-0.4, -0.2) is 46.7 Å². The van der Waals surface area contributed by atoms with E-state index in [0.717, 1.165) is 17.4 Å². The number of fused-ring (bicyclic) bond motifs is 1. The molecule has 1 N–H and O–H groups in total. The lowest BCUT2D eigenvalue weighted by Gasteiger charge is -2.12. The third kappa shape index (κ3) is 4.75. The van der Waals surface area contributed by atoms with Crippen molar-refractivity contribution < 1.29 is 28.8 Å². The number of unbranched alkanes of at least 4 members (excludes halogenated alkanes) is 1. The van der Waals surface area contributed by atoms with Gasteiger partial charge in [0.15, 0.2) is 6.61 Å². The normalized spacial score (nSPS) is 12.5. The largest absolute Gasteiger partial charge is 0.452 e. The molecule has 2 aromatic rings. The summed E-state index contributed by atoms with van der Waals surface area (Å²) in [5.74, 6) is -2.48. The first-order valence-electron chi connectivity index (χ1n) is 9.64. The van der Waals surface area contributed by atoms with Crippen molar-refractivity contribution in [2.24, 2.45) is 0 Å². The second-order valence-corrected chi connectivity index (χ2v) is 7.33. The van der Waals surface area contributed by atoms with Gasteiger partial charge < -0.3 is 10.1 Å². The molecule has 2 aromatic carbocycles. The number of nitrogens with zero attached hydrogens (tertiary/aromatic N) is 2. The van der Waals surface area contributed by atoms with Crippen molar-refractivity contribution in [3.63, 3.8) is 0 Å². The molecule has 166 valence electrons.